The van der Waals surface area contributed by atoms with Gasteiger partial charge in [-0.2, -0.15) is 0 Å². The predicted octanol–water partition coefficient (Wildman–Crippen LogP) is -0.681. The first-order valence-electron chi connectivity index (χ1n) is 5.29. The number of hydrogen-bond acceptors (Lipinski definition) is 3. The lowest BCUT2D eigenvalue weighted by molar-refractivity contribution is -0.139. The molecule has 4 nitrogen and oxygen atoms in total. The molecule has 1 aromatic carbocycles. The molecular weight excluding hydrogens is 254 g/mol. The monoisotopic (exact) mass is 266 g/mol. The van der Waals surface area contributed by atoms with Gasteiger partial charge in [0.15, 0.2) is 6.61 Å². The van der Waals surface area contributed by atoms with Crippen molar-refractivity contribution in [1.29, 1.82) is 0 Å². The van der Waals surface area contributed by atoms with Crippen molar-refractivity contribution in [2.24, 2.45) is 0 Å². The van der Waals surface area contributed by atoms with Crippen molar-refractivity contribution in [3.05, 3.63) is 35.5 Å². The van der Waals surface area contributed by atoms with Crippen molar-refractivity contribution in [3.8, 4) is 5.75 Å². The largest absolute Gasteiger partial charge is 1.00 e. The lowest BCUT2D eigenvalue weighted by Gasteiger charge is -2.09. The molecule has 18 heavy (non-hydrogen) atoms. The average Bonchev–Trinajstić information content (AvgIpc) is 2.26. The van der Waals surface area contributed by atoms with E-state index in [0.29, 0.717) is 5.75 Å². The number of halogens is 1. The lowest BCUT2D eigenvalue weighted by atomic mass is 10.1. The molecule has 5 heteroatoms. The van der Waals surface area contributed by atoms with Gasteiger partial charge in [0.25, 0.3) is 0 Å². The number of carbonyl (C=O) groups is 1. The summed E-state index contributed by atoms with van der Waals surface area (Å²) >= 11 is 0. The van der Waals surface area contributed by atoms with Crippen LogP contribution in [0.25, 0.3) is 10.9 Å². The molecule has 0 radical (unpaired) electrons. The lowest BCUT2D eigenvalue weighted by Crippen LogP contribution is -3.00. The number of aryl methyl sites for hydroxylation is 2. The van der Waals surface area contributed by atoms with Gasteiger partial charge in [0.05, 0.1) is 5.52 Å². The summed E-state index contributed by atoms with van der Waals surface area (Å²) in [4.78, 5) is 14.9. The smallest absolute Gasteiger partial charge is 0.341 e. The number of carboxylic acid groups (broad SMARTS) is 1. The molecule has 96 valence electrons. The highest BCUT2D eigenvalue weighted by molar-refractivity contribution is 5.86. The molecule has 1 heterocycles. The predicted molar refractivity (Wildman–Crippen MR) is 64.3 cm³/mol. The van der Waals surface area contributed by atoms with Gasteiger partial charge in [0, 0.05) is 17.1 Å². The third-order valence-corrected chi connectivity index (χ3v) is 2.41. The summed E-state index contributed by atoms with van der Waals surface area (Å²) < 4.78 is 5.28. The van der Waals surface area contributed by atoms with Crippen LogP contribution in [0.1, 0.15) is 11.3 Å². The second-order valence-corrected chi connectivity index (χ2v) is 3.96. The number of carboxylic acids is 1. The van der Waals surface area contributed by atoms with Gasteiger partial charge in [-0.15, -0.1) is 0 Å². The van der Waals surface area contributed by atoms with Crippen LogP contribution in [-0.2, 0) is 4.79 Å². The fourth-order valence-electron chi connectivity index (χ4n) is 1.69. The first-order valence-corrected chi connectivity index (χ1v) is 5.29. The number of hydrogen-bond donors (Lipinski definition) is 1. The van der Waals surface area contributed by atoms with E-state index in [4.69, 9.17) is 9.84 Å². The topological polar surface area (TPSA) is 59.4 Å². The minimum absolute atomic E-state index is 0. The number of ether oxygens (including phenoxy) is 1. The molecule has 0 saturated carbocycles. The Labute approximate surface area is 111 Å². The van der Waals surface area contributed by atoms with Crippen molar-refractivity contribution in [2.75, 3.05) is 6.61 Å². The molecule has 0 amide bonds. The van der Waals surface area contributed by atoms with Gasteiger partial charge in [-0.25, -0.2) is 4.79 Å². The zero-order valence-corrected chi connectivity index (χ0v) is 10.9. The van der Waals surface area contributed by atoms with Crippen LogP contribution in [0.2, 0.25) is 0 Å². The van der Waals surface area contributed by atoms with Crippen molar-refractivity contribution in [1.82, 2.24) is 4.98 Å². The van der Waals surface area contributed by atoms with Crippen molar-refractivity contribution in [2.45, 2.75) is 13.8 Å². The van der Waals surface area contributed by atoms with Gasteiger partial charge in [-0.05, 0) is 26.0 Å². The van der Waals surface area contributed by atoms with Gasteiger partial charge in [-0.3, -0.25) is 4.98 Å². The van der Waals surface area contributed by atoms with Gasteiger partial charge in [-0.1, -0.05) is 11.6 Å². The fourth-order valence-corrected chi connectivity index (χ4v) is 1.69. The Morgan fingerprint density at radius 1 is 1.33 bits per heavy atom. The number of benzene rings is 1. The Kier molecular flexibility index (Phi) is 4.50. The highest BCUT2D eigenvalue weighted by Gasteiger charge is 2.07. The highest BCUT2D eigenvalue weighted by atomic mass is 35.5. The van der Waals surface area contributed by atoms with Crippen LogP contribution >= 0.6 is 0 Å². The number of aliphatic carboxylic acids is 1. The number of pyridine rings is 1. The third kappa shape index (κ3) is 3.11. The standard InChI is InChI=1S/C13H13NO3.ClH/c1-8-3-4-11-10(5-8)12(6-9(2)14-11)17-7-13(15)16;/h3-6H,7H2,1-2H3,(H,15,16);1H/p-1. The van der Waals surface area contributed by atoms with E-state index in [1.54, 1.807) is 6.07 Å². The van der Waals surface area contributed by atoms with Crippen LogP contribution in [0.4, 0.5) is 0 Å². The molecular formula is C13H13ClNO3-. The van der Waals surface area contributed by atoms with Crippen LogP contribution < -0.4 is 17.1 Å². The van der Waals surface area contributed by atoms with Gasteiger partial charge < -0.3 is 22.3 Å². The van der Waals surface area contributed by atoms with E-state index < -0.39 is 5.97 Å². The zero-order valence-electron chi connectivity index (χ0n) is 10.1. The second kappa shape index (κ2) is 5.69. The molecule has 0 aliphatic heterocycles. The van der Waals surface area contributed by atoms with Crippen LogP contribution in [0.3, 0.4) is 0 Å². The fraction of sp³-hybridized carbons (Fsp3) is 0.231. The molecule has 0 unspecified atom stereocenters. The number of fused-ring (bicyclic) bond motifs is 1. The summed E-state index contributed by atoms with van der Waals surface area (Å²) in [6.45, 7) is 3.49. The van der Waals surface area contributed by atoms with Gasteiger partial charge in [0.1, 0.15) is 5.75 Å². The molecule has 1 aromatic heterocycles. The molecule has 0 bridgehead atoms. The van der Waals surface area contributed by atoms with Gasteiger partial charge >= 0.3 is 5.97 Å². The Hall–Kier alpha value is -1.81. The van der Waals surface area contributed by atoms with Crippen molar-refractivity contribution in [3.63, 3.8) is 0 Å². The van der Waals surface area contributed by atoms with E-state index in [0.717, 1.165) is 22.2 Å². The maximum absolute atomic E-state index is 10.5. The summed E-state index contributed by atoms with van der Waals surface area (Å²) in [5, 5.41) is 9.47. The van der Waals surface area contributed by atoms with Crippen LogP contribution in [0.15, 0.2) is 24.3 Å². The number of aromatic nitrogens is 1. The molecule has 0 saturated heterocycles. The van der Waals surface area contributed by atoms with E-state index in [1.165, 1.54) is 0 Å². The quantitative estimate of drug-likeness (QED) is 0.800. The first-order chi connectivity index (χ1) is 8.06. The SMILES string of the molecule is Cc1ccc2nc(C)cc(OCC(=O)O)c2c1.[Cl-]. The van der Waals surface area contributed by atoms with E-state index in [1.807, 2.05) is 32.0 Å². The highest BCUT2D eigenvalue weighted by Crippen LogP contribution is 2.26. The van der Waals surface area contributed by atoms with E-state index in [2.05, 4.69) is 4.98 Å². The Morgan fingerprint density at radius 2 is 2.06 bits per heavy atom. The summed E-state index contributed by atoms with van der Waals surface area (Å²) in [5.41, 5.74) is 2.71. The normalized spacial score (nSPS) is 9.89. The minimum atomic E-state index is -0.986. The first kappa shape index (κ1) is 14.3. The summed E-state index contributed by atoms with van der Waals surface area (Å²) in [6, 6.07) is 7.57. The molecule has 0 spiro atoms. The molecule has 1 N–H and O–H groups in total. The van der Waals surface area contributed by atoms with E-state index in [9.17, 15) is 4.79 Å². The van der Waals surface area contributed by atoms with Crippen molar-refractivity contribution >= 4 is 16.9 Å². The second-order valence-electron chi connectivity index (χ2n) is 3.96. The maximum Gasteiger partial charge on any atom is 0.341 e. The molecule has 2 rings (SSSR count). The number of rotatable bonds is 3. The van der Waals surface area contributed by atoms with Crippen LogP contribution in [-0.4, -0.2) is 22.7 Å². The third-order valence-electron chi connectivity index (χ3n) is 2.41. The van der Waals surface area contributed by atoms with Crippen molar-refractivity contribution < 1.29 is 27.0 Å². The minimum Gasteiger partial charge on any atom is -1.00 e. The van der Waals surface area contributed by atoms with Gasteiger partial charge in [0.2, 0.25) is 0 Å². The summed E-state index contributed by atoms with van der Waals surface area (Å²) in [5.74, 6) is -0.418. The van der Waals surface area contributed by atoms with E-state index >= 15 is 0 Å². The summed E-state index contributed by atoms with van der Waals surface area (Å²) in [6.07, 6.45) is 0. The zero-order chi connectivity index (χ0) is 12.4. The Bertz CT molecular complexity index is 584. The van der Waals surface area contributed by atoms with Crippen LogP contribution in [0.5, 0.6) is 5.75 Å². The van der Waals surface area contributed by atoms with Crippen LogP contribution in [0, 0.1) is 13.8 Å². The molecule has 0 aliphatic carbocycles. The molecule has 2 aromatic rings. The molecule has 0 fully saturated rings. The maximum atomic E-state index is 10.5. The molecule has 0 aliphatic rings. The number of nitrogens with zero attached hydrogens (tertiary/aromatic N) is 1. The Morgan fingerprint density at radius 3 is 2.72 bits per heavy atom. The average molecular weight is 267 g/mol. The summed E-state index contributed by atoms with van der Waals surface area (Å²) in [7, 11) is 0. The Balaban J connectivity index is 0.00000162. The molecule has 0 atom stereocenters. The van der Waals surface area contributed by atoms with E-state index in [-0.39, 0.29) is 19.0 Å².